The van der Waals surface area contributed by atoms with Crippen LogP contribution >= 0.6 is 27.5 Å². The van der Waals surface area contributed by atoms with E-state index in [1.54, 1.807) is 0 Å². The first kappa shape index (κ1) is 14.2. The summed E-state index contributed by atoms with van der Waals surface area (Å²) >= 11 is 9.44. The Kier molecular flexibility index (Phi) is 5.11. The van der Waals surface area contributed by atoms with Crippen molar-refractivity contribution in [3.05, 3.63) is 57.5 Å². The fraction of sp³-hybridized carbons (Fsp3) is 0.200. The number of benzene rings is 2. The number of nitrogens with one attached hydrogen (secondary N) is 1. The van der Waals surface area contributed by atoms with Crippen molar-refractivity contribution in [3.8, 4) is 5.75 Å². The van der Waals surface area contributed by atoms with Crippen molar-refractivity contribution < 1.29 is 4.74 Å². The first-order chi connectivity index (χ1) is 9.19. The predicted octanol–water partition coefficient (Wildman–Crippen LogP) is 5.11. The average molecular weight is 341 g/mol. The molecule has 1 N–H and O–H groups in total. The van der Waals surface area contributed by atoms with Crippen molar-refractivity contribution in [2.24, 2.45) is 0 Å². The first-order valence-electron chi connectivity index (χ1n) is 6.09. The van der Waals surface area contributed by atoms with Crippen molar-refractivity contribution in [2.45, 2.75) is 13.5 Å². The van der Waals surface area contributed by atoms with E-state index in [0.29, 0.717) is 6.61 Å². The van der Waals surface area contributed by atoms with Crippen molar-refractivity contribution >= 4 is 33.2 Å². The van der Waals surface area contributed by atoms with Crippen LogP contribution in [0, 0.1) is 0 Å². The van der Waals surface area contributed by atoms with Crippen LogP contribution in [0.2, 0.25) is 5.02 Å². The molecule has 0 aliphatic heterocycles. The Bertz CT molecular complexity index is 542. The van der Waals surface area contributed by atoms with Gasteiger partial charge in [-0.2, -0.15) is 0 Å². The minimum atomic E-state index is 0.685. The minimum absolute atomic E-state index is 0.685. The lowest BCUT2D eigenvalue weighted by molar-refractivity contribution is 0.340. The third-order valence-corrected chi connectivity index (χ3v) is 3.88. The van der Waals surface area contributed by atoms with Gasteiger partial charge in [0.2, 0.25) is 0 Å². The molecular formula is C15H15BrClNO. The highest BCUT2D eigenvalue weighted by Gasteiger charge is 2.00. The summed E-state index contributed by atoms with van der Waals surface area (Å²) in [5.74, 6) is 0.889. The van der Waals surface area contributed by atoms with E-state index in [0.717, 1.165) is 33.0 Å². The van der Waals surface area contributed by atoms with Gasteiger partial charge in [-0.25, -0.2) is 0 Å². The van der Waals surface area contributed by atoms with Gasteiger partial charge in [-0.05, 0) is 64.8 Å². The van der Waals surface area contributed by atoms with Gasteiger partial charge in [0.15, 0.2) is 0 Å². The summed E-state index contributed by atoms with van der Waals surface area (Å²) in [7, 11) is 0. The van der Waals surface area contributed by atoms with Crippen molar-refractivity contribution in [1.82, 2.24) is 0 Å². The van der Waals surface area contributed by atoms with Gasteiger partial charge in [0.25, 0.3) is 0 Å². The van der Waals surface area contributed by atoms with E-state index in [-0.39, 0.29) is 0 Å². The van der Waals surface area contributed by atoms with Gasteiger partial charge in [0, 0.05) is 16.7 Å². The van der Waals surface area contributed by atoms with Crippen LogP contribution in [0.3, 0.4) is 0 Å². The maximum Gasteiger partial charge on any atom is 0.119 e. The van der Waals surface area contributed by atoms with Crippen LogP contribution < -0.4 is 10.1 Å². The zero-order chi connectivity index (χ0) is 13.7. The molecule has 0 heterocycles. The van der Waals surface area contributed by atoms with Crippen molar-refractivity contribution in [1.29, 1.82) is 0 Å². The lowest BCUT2D eigenvalue weighted by Crippen LogP contribution is -1.99. The zero-order valence-electron chi connectivity index (χ0n) is 10.6. The SMILES string of the molecule is CCOc1ccc(NCc2ccc(Br)c(Cl)c2)cc1. The molecule has 100 valence electrons. The van der Waals surface area contributed by atoms with E-state index in [4.69, 9.17) is 16.3 Å². The van der Waals surface area contributed by atoms with E-state index in [9.17, 15) is 0 Å². The molecule has 0 aliphatic rings. The Balaban J connectivity index is 1.96. The zero-order valence-corrected chi connectivity index (χ0v) is 13.0. The van der Waals surface area contributed by atoms with E-state index in [1.807, 2.05) is 49.4 Å². The molecule has 0 aromatic heterocycles. The summed E-state index contributed by atoms with van der Waals surface area (Å²) in [6.45, 7) is 3.40. The maximum absolute atomic E-state index is 6.06. The first-order valence-corrected chi connectivity index (χ1v) is 7.27. The second kappa shape index (κ2) is 6.83. The van der Waals surface area contributed by atoms with Crippen LogP contribution in [-0.2, 0) is 6.54 Å². The Morgan fingerprint density at radius 2 is 1.89 bits per heavy atom. The average Bonchev–Trinajstić information content (AvgIpc) is 2.42. The summed E-state index contributed by atoms with van der Waals surface area (Å²) in [6.07, 6.45) is 0. The molecule has 0 radical (unpaired) electrons. The highest BCUT2D eigenvalue weighted by Crippen LogP contribution is 2.24. The number of hydrogen-bond donors (Lipinski definition) is 1. The van der Waals surface area contributed by atoms with E-state index < -0.39 is 0 Å². The molecule has 0 atom stereocenters. The number of ether oxygens (including phenoxy) is 1. The van der Waals surface area contributed by atoms with Crippen LogP contribution in [-0.4, -0.2) is 6.61 Å². The standard InChI is InChI=1S/C15H15BrClNO/c1-2-19-13-6-4-12(5-7-13)18-10-11-3-8-14(16)15(17)9-11/h3-9,18H,2,10H2,1H3. The minimum Gasteiger partial charge on any atom is -0.494 e. The number of halogens is 2. The summed E-state index contributed by atoms with van der Waals surface area (Å²) in [5.41, 5.74) is 2.20. The number of anilines is 1. The molecule has 0 spiro atoms. The smallest absolute Gasteiger partial charge is 0.119 e. The highest BCUT2D eigenvalue weighted by molar-refractivity contribution is 9.10. The molecule has 0 bridgehead atoms. The molecule has 0 unspecified atom stereocenters. The molecular weight excluding hydrogens is 326 g/mol. The molecule has 4 heteroatoms. The molecule has 0 amide bonds. The molecule has 0 saturated heterocycles. The molecule has 2 nitrogen and oxygen atoms in total. The number of rotatable bonds is 5. The van der Waals surface area contributed by atoms with Crippen LogP contribution in [0.1, 0.15) is 12.5 Å². The second-order valence-electron chi connectivity index (χ2n) is 4.06. The summed E-state index contributed by atoms with van der Waals surface area (Å²) in [5, 5.41) is 4.08. The van der Waals surface area contributed by atoms with Gasteiger partial charge in [-0.3, -0.25) is 0 Å². The molecule has 0 fully saturated rings. The topological polar surface area (TPSA) is 21.3 Å². The van der Waals surface area contributed by atoms with Gasteiger partial charge in [-0.15, -0.1) is 0 Å². The van der Waals surface area contributed by atoms with Gasteiger partial charge in [-0.1, -0.05) is 17.7 Å². The Hall–Kier alpha value is -1.19. The van der Waals surface area contributed by atoms with Crippen LogP contribution in [0.5, 0.6) is 5.75 Å². The second-order valence-corrected chi connectivity index (χ2v) is 5.32. The Labute approximate surface area is 126 Å². The van der Waals surface area contributed by atoms with Crippen molar-refractivity contribution in [3.63, 3.8) is 0 Å². The summed E-state index contributed by atoms with van der Waals surface area (Å²) < 4.78 is 6.32. The predicted molar refractivity (Wildman–Crippen MR) is 84.1 cm³/mol. The highest BCUT2D eigenvalue weighted by atomic mass is 79.9. The third kappa shape index (κ3) is 4.15. The molecule has 0 aliphatic carbocycles. The number of hydrogen-bond acceptors (Lipinski definition) is 2. The Morgan fingerprint density at radius 3 is 2.53 bits per heavy atom. The largest absolute Gasteiger partial charge is 0.494 e. The molecule has 2 rings (SSSR count). The van der Waals surface area contributed by atoms with Gasteiger partial charge in [0.1, 0.15) is 5.75 Å². The summed E-state index contributed by atoms with van der Waals surface area (Å²) in [6, 6.07) is 13.9. The van der Waals surface area contributed by atoms with E-state index >= 15 is 0 Å². The normalized spacial score (nSPS) is 10.3. The van der Waals surface area contributed by atoms with Crippen molar-refractivity contribution in [2.75, 3.05) is 11.9 Å². The maximum atomic E-state index is 6.06. The summed E-state index contributed by atoms with van der Waals surface area (Å²) in [4.78, 5) is 0. The third-order valence-electron chi connectivity index (χ3n) is 2.65. The van der Waals surface area contributed by atoms with E-state index in [2.05, 4.69) is 21.2 Å². The van der Waals surface area contributed by atoms with E-state index in [1.165, 1.54) is 0 Å². The molecule has 19 heavy (non-hydrogen) atoms. The molecule has 0 saturated carbocycles. The van der Waals surface area contributed by atoms with Crippen LogP contribution in [0.4, 0.5) is 5.69 Å². The van der Waals surface area contributed by atoms with Crippen LogP contribution in [0.25, 0.3) is 0 Å². The van der Waals surface area contributed by atoms with Gasteiger partial charge < -0.3 is 10.1 Å². The van der Waals surface area contributed by atoms with Crippen LogP contribution in [0.15, 0.2) is 46.9 Å². The van der Waals surface area contributed by atoms with Gasteiger partial charge >= 0.3 is 0 Å². The monoisotopic (exact) mass is 339 g/mol. The van der Waals surface area contributed by atoms with Gasteiger partial charge in [0.05, 0.1) is 11.6 Å². The lowest BCUT2D eigenvalue weighted by Gasteiger charge is -2.09. The molecule has 2 aromatic rings. The fourth-order valence-electron chi connectivity index (χ4n) is 1.69. The lowest BCUT2D eigenvalue weighted by atomic mass is 10.2. The molecule has 2 aromatic carbocycles. The Morgan fingerprint density at radius 1 is 1.16 bits per heavy atom. The fourth-order valence-corrected chi connectivity index (χ4v) is 2.14. The quantitative estimate of drug-likeness (QED) is 0.816.